The first-order valence-electron chi connectivity index (χ1n) is 8.68. The molecule has 1 fully saturated rings. The Morgan fingerprint density at radius 2 is 1.89 bits per heavy atom. The first kappa shape index (κ1) is 20.5. The number of ether oxygens (including phenoxy) is 1. The minimum absolute atomic E-state index is 0.114. The zero-order valence-electron chi connectivity index (χ0n) is 15.2. The van der Waals surface area contributed by atoms with Gasteiger partial charge in [0.25, 0.3) is 5.69 Å². The van der Waals surface area contributed by atoms with Crippen molar-refractivity contribution in [2.75, 3.05) is 31.6 Å². The molecule has 1 saturated heterocycles. The molecule has 1 heterocycles. The summed E-state index contributed by atoms with van der Waals surface area (Å²) in [6.07, 6.45) is 0. The van der Waals surface area contributed by atoms with Gasteiger partial charge in [-0.15, -0.1) is 0 Å². The summed E-state index contributed by atoms with van der Waals surface area (Å²) in [6, 6.07) is 10.8. The molecule has 1 N–H and O–H groups in total. The lowest BCUT2D eigenvalue weighted by Gasteiger charge is -2.26. The number of hydrogen-bond acceptors (Lipinski definition) is 6. The molecule has 8 nitrogen and oxygen atoms in total. The normalized spacial score (nSPS) is 16.5. The molecule has 10 heteroatoms. The van der Waals surface area contributed by atoms with E-state index in [1.807, 2.05) is 19.1 Å². The maximum atomic E-state index is 12.8. The maximum Gasteiger partial charge on any atom is 0.293 e. The number of morpholine rings is 1. The molecule has 0 bridgehead atoms. The van der Waals surface area contributed by atoms with Gasteiger partial charge < -0.3 is 10.1 Å². The highest BCUT2D eigenvalue weighted by Crippen LogP contribution is 2.33. The van der Waals surface area contributed by atoms with Crippen molar-refractivity contribution in [1.82, 2.24) is 4.31 Å². The van der Waals surface area contributed by atoms with Crippen LogP contribution in [0.5, 0.6) is 0 Å². The Morgan fingerprint density at radius 3 is 2.54 bits per heavy atom. The Kier molecular flexibility index (Phi) is 6.19. The summed E-state index contributed by atoms with van der Waals surface area (Å²) in [4.78, 5) is 10.9. The number of hydrogen-bond donors (Lipinski definition) is 1. The van der Waals surface area contributed by atoms with Gasteiger partial charge in [-0.2, -0.15) is 4.31 Å². The Labute approximate surface area is 168 Å². The van der Waals surface area contributed by atoms with Crippen molar-refractivity contribution in [3.8, 4) is 0 Å². The van der Waals surface area contributed by atoms with E-state index in [-0.39, 0.29) is 35.4 Å². The number of nitrogens with zero attached hydrogens (tertiary/aromatic N) is 2. The molecule has 0 aliphatic carbocycles. The fourth-order valence-electron chi connectivity index (χ4n) is 3.02. The van der Waals surface area contributed by atoms with Crippen LogP contribution in [0.15, 0.2) is 47.4 Å². The molecule has 1 aliphatic heterocycles. The fourth-order valence-corrected chi connectivity index (χ4v) is 4.75. The van der Waals surface area contributed by atoms with Crippen molar-refractivity contribution in [3.05, 3.63) is 63.2 Å². The van der Waals surface area contributed by atoms with Crippen molar-refractivity contribution in [1.29, 1.82) is 0 Å². The molecule has 0 spiro atoms. The van der Waals surface area contributed by atoms with Crippen LogP contribution in [0.2, 0.25) is 5.02 Å². The highest BCUT2D eigenvalue weighted by atomic mass is 35.5. The number of nitro benzene ring substituents is 1. The second-order valence-corrected chi connectivity index (χ2v) is 8.69. The summed E-state index contributed by atoms with van der Waals surface area (Å²) >= 11 is 6.19. The van der Waals surface area contributed by atoms with Crippen LogP contribution in [-0.4, -0.2) is 43.9 Å². The van der Waals surface area contributed by atoms with Crippen molar-refractivity contribution in [2.24, 2.45) is 0 Å². The Hall–Kier alpha value is -2.20. The quantitative estimate of drug-likeness (QED) is 0.561. The fraction of sp³-hybridized carbons (Fsp3) is 0.333. The van der Waals surface area contributed by atoms with E-state index in [1.165, 1.54) is 16.4 Å². The van der Waals surface area contributed by atoms with Crippen molar-refractivity contribution >= 4 is 33.0 Å². The van der Waals surface area contributed by atoms with Crippen molar-refractivity contribution < 1.29 is 18.1 Å². The first-order chi connectivity index (χ1) is 13.3. The third kappa shape index (κ3) is 4.27. The maximum absolute atomic E-state index is 12.8. The number of rotatable bonds is 6. The number of nitrogens with one attached hydrogen (secondary N) is 1. The molecule has 1 aliphatic rings. The minimum atomic E-state index is -3.82. The first-order valence-corrected chi connectivity index (χ1v) is 10.5. The summed E-state index contributed by atoms with van der Waals surface area (Å²) in [5.74, 6) is 0. The second kappa shape index (κ2) is 8.44. The third-order valence-electron chi connectivity index (χ3n) is 4.52. The van der Waals surface area contributed by atoms with Gasteiger partial charge >= 0.3 is 0 Å². The summed E-state index contributed by atoms with van der Waals surface area (Å²) in [6.45, 7) is 2.87. The predicted molar refractivity (Wildman–Crippen MR) is 106 cm³/mol. The number of nitro groups is 1. The third-order valence-corrected chi connectivity index (χ3v) is 6.76. The lowest BCUT2D eigenvalue weighted by Crippen LogP contribution is -2.40. The van der Waals surface area contributed by atoms with Crippen LogP contribution < -0.4 is 5.32 Å². The van der Waals surface area contributed by atoms with E-state index in [9.17, 15) is 18.5 Å². The minimum Gasteiger partial charge on any atom is -0.379 e. The number of anilines is 1. The largest absolute Gasteiger partial charge is 0.379 e. The summed E-state index contributed by atoms with van der Waals surface area (Å²) in [5, 5.41) is 15.2. The van der Waals surface area contributed by atoms with E-state index in [1.54, 1.807) is 12.1 Å². The van der Waals surface area contributed by atoms with Crippen LogP contribution in [0.25, 0.3) is 0 Å². The zero-order chi connectivity index (χ0) is 20.3. The summed E-state index contributed by atoms with van der Waals surface area (Å²) < 4.78 is 32.0. The molecule has 0 aromatic heterocycles. The highest BCUT2D eigenvalue weighted by Gasteiger charge is 2.29. The van der Waals surface area contributed by atoms with Crippen LogP contribution >= 0.6 is 11.6 Å². The zero-order valence-corrected chi connectivity index (χ0v) is 16.7. The average molecular weight is 426 g/mol. The Morgan fingerprint density at radius 1 is 1.21 bits per heavy atom. The molecule has 0 radical (unpaired) electrons. The molecule has 150 valence electrons. The van der Waals surface area contributed by atoms with Crippen molar-refractivity contribution in [2.45, 2.75) is 17.9 Å². The predicted octanol–water partition coefficient (Wildman–Crippen LogP) is 3.44. The topological polar surface area (TPSA) is 102 Å². The van der Waals surface area contributed by atoms with E-state index in [0.29, 0.717) is 18.2 Å². The molecule has 1 atom stereocenters. The average Bonchev–Trinajstić information content (AvgIpc) is 2.69. The van der Waals surface area contributed by atoms with E-state index >= 15 is 0 Å². The van der Waals surface area contributed by atoms with Gasteiger partial charge in [-0.3, -0.25) is 10.1 Å². The molecule has 2 aromatic carbocycles. The molecule has 0 amide bonds. The molecule has 2 aromatic rings. The highest BCUT2D eigenvalue weighted by molar-refractivity contribution is 7.89. The van der Waals surface area contributed by atoms with Crippen LogP contribution in [0.3, 0.4) is 0 Å². The number of halogens is 1. The van der Waals surface area contributed by atoms with Gasteiger partial charge in [-0.05, 0) is 30.7 Å². The van der Waals surface area contributed by atoms with E-state index in [4.69, 9.17) is 16.3 Å². The molecule has 3 rings (SSSR count). The lowest BCUT2D eigenvalue weighted by atomic mass is 10.1. The van der Waals surface area contributed by atoms with Crippen LogP contribution in [-0.2, 0) is 14.8 Å². The smallest absolute Gasteiger partial charge is 0.293 e. The standard InChI is InChI=1S/C18H20ClN3O5S/c1-13(15-4-2-3-5-16(15)19)20-17-7-6-14(12-18(17)22(23)24)28(25,26)21-8-10-27-11-9-21/h2-7,12-13,20H,8-11H2,1H3. The number of benzene rings is 2. The summed E-state index contributed by atoms with van der Waals surface area (Å²) in [7, 11) is -3.82. The SMILES string of the molecule is CC(Nc1ccc(S(=O)(=O)N2CCOCC2)cc1[N+](=O)[O-])c1ccccc1Cl. The van der Waals surface area contributed by atoms with Gasteiger partial charge in [0, 0.05) is 24.2 Å². The van der Waals surface area contributed by atoms with Crippen LogP contribution in [0.1, 0.15) is 18.5 Å². The second-order valence-electron chi connectivity index (χ2n) is 6.34. The Balaban J connectivity index is 1.91. The van der Waals surface area contributed by atoms with E-state index < -0.39 is 14.9 Å². The molecule has 1 unspecified atom stereocenters. The van der Waals surface area contributed by atoms with Crippen molar-refractivity contribution in [3.63, 3.8) is 0 Å². The van der Waals surface area contributed by atoms with Gasteiger partial charge in [0.1, 0.15) is 5.69 Å². The van der Waals surface area contributed by atoms with E-state index in [2.05, 4.69) is 5.32 Å². The van der Waals surface area contributed by atoms with E-state index in [0.717, 1.165) is 11.6 Å². The molecular weight excluding hydrogens is 406 g/mol. The van der Waals surface area contributed by atoms with Crippen LogP contribution in [0.4, 0.5) is 11.4 Å². The van der Waals surface area contributed by atoms with Gasteiger partial charge in [0.15, 0.2) is 0 Å². The van der Waals surface area contributed by atoms with Gasteiger partial charge in [-0.25, -0.2) is 8.42 Å². The van der Waals surface area contributed by atoms with Gasteiger partial charge in [0.05, 0.1) is 29.1 Å². The monoisotopic (exact) mass is 425 g/mol. The number of sulfonamides is 1. The van der Waals surface area contributed by atoms with Gasteiger partial charge in [0.2, 0.25) is 10.0 Å². The Bertz CT molecular complexity index is 977. The van der Waals surface area contributed by atoms with Gasteiger partial charge in [-0.1, -0.05) is 29.8 Å². The van der Waals surface area contributed by atoms with Crippen LogP contribution in [0, 0.1) is 10.1 Å². The molecule has 28 heavy (non-hydrogen) atoms. The molecular formula is C18H20ClN3O5S. The molecule has 0 saturated carbocycles. The summed E-state index contributed by atoms with van der Waals surface area (Å²) in [5.41, 5.74) is 0.690. The lowest BCUT2D eigenvalue weighted by molar-refractivity contribution is -0.384.